The third-order valence-electron chi connectivity index (χ3n) is 3.96. The minimum atomic E-state index is -0.0234. The molecule has 0 saturated carbocycles. The van der Waals surface area contributed by atoms with Crippen molar-refractivity contribution in [3.05, 3.63) is 66.4 Å². The van der Waals surface area contributed by atoms with Crippen LogP contribution in [-0.4, -0.2) is 17.6 Å². The first kappa shape index (κ1) is 15.2. The van der Waals surface area contributed by atoms with Crippen LogP contribution in [0.5, 0.6) is 5.75 Å². The summed E-state index contributed by atoms with van der Waals surface area (Å²) in [5.41, 5.74) is 2.04. The zero-order chi connectivity index (χ0) is 16.2. The number of carbonyl (C=O) groups is 1. The Labute approximate surface area is 135 Å². The maximum atomic E-state index is 12.4. The van der Waals surface area contributed by atoms with Gasteiger partial charge in [0, 0.05) is 11.6 Å². The van der Waals surface area contributed by atoms with Gasteiger partial charge >= 0.3 is 0 Å². The molecule has 0 fully saturated rings. The van der Waals surface area contributed by atoms with Crippen LogP contribution in [0.2, 0.25) is 0 Å². The molecule has 4 nitrogen and oxygen atoms in total. The Morgan fingerprint density at radius 1 is 1.13 bits per heavy atom. The molecule has 0 aliphatic heterocycles. The lowest BCUT2D eigenvalue weighted by Crippen LogP contribution is -2.29. The normalized spacial score (nSPS) is 12.1. The second kappa shape index (κ2) is 6.57. The van der Waals surface area contributed by atoms with Crippen LogP contribution in [0.3, 0.4) is 0 Å². The summed E-state index contributed by atoms with van der Waals surface area (Å²) in [4.78, 5) is 12.4. The Hall–Kier alpha value is -2.75. The first-order valence-corrected chi connectivity index (χ1v) is 7.65. The number of rotatable bonds is 5. The average molecular weight is 308 g/mol. The van der Waals surface area contributed by atoms with Gasteiger partial charge < -0.3 is 14.6 Å². The van der Waals surface area contributed by atoms with Crippen LogP contribution in [0, 0.1) is 0 Å². The van der Waals surface area contributed by atoms with Gasteiger partial charge in [-0.05, 0) is 24.6 Å². The fourth-order valence-electron chi connectivity index (χ4n) is 2.79. The quantitative estimate of drug-likeness (QED) is 0.783. The third kappa shape index (κ3) is 3.21. The molecular weight excluding hydrogens is 288 g/mol. The van der Waals surface area contributed by atoms with Crippen molar-refractivity contribution in [1.82, 2.24) is 9.88 Å². The van der Waals surface area contributed by atoms with E-state index in [0.717, 1.165) is 22.2 Å². The van der Waals surface area contributed by atoms with Gasteiger partial charge in [-0.2, -0.15) is 0 Å². The van der Waals surface area contributed by atoms with Crippen LogP contribution in [0.4, 0.5) is 0 Å². The molecule has 118 valence electrons. The molecule has 1 unspecified atom stereocenters. The van der Waals surface area contributed by atoms with E-state index in [-0.39, 0.29) is 18.5 Å². The lowest BCUT2D eigenvalue weighted by Gasteiger charge is -2.15. The minimum absolute atomic E-state index is 0.0209. The molecule has 3 rings (SSSR count). The number of hydrogen-bond donors (Lipinski definition) is 1. The van der Waals surface area contributed by atoms with Crippen molar-refractivity contribution in [2.45, 2.75) is 19.5 Å². The van der Waals surface area contributed by atoms with Gasteiger partial charge in [0.05, 0.1) is 18.7 Å². The first-order valence-electron chi connectivity index (χ1n) is 7.65. The van der Waals surface area contributed by atoms with E-state index < -0.39 is 0 Å². The molecule has 0 aliphatic rings. The van der Waals surface area contributed by atoms with Crippen molar-refractivity contribution in [2.75, 3.05) is 7.11 Å². The lowest BCUT2D eigenvalue weighted by atomic mass is 10.1. The number of para-hydroxylation sites is 1. The molecule has 0 bridgehead atoms. The highest BCUT2D eigenvalue weighted by Gasteiger charge is 2.12. The highest BCUT2D eigenvalue weighted by atomic mass is 16.5. The van der Waals surface area contributed by atoms with Gasteiger partial charge in [0.2, 0.25) is 5.91 Å². The molecule has 0 spiro atoms. The molecule has 1 heterocycles. The number of amides is 1. The maximum absolute atomic E-state index is 12.4. The minimum Gasteiger partial charge on any atom is -0.495 e. The average Bonchev–Trinajstić information content (AvgIpc) is 2.98. The third-order valence-corrected chi connectivity index (χ3v) is 3.96. The number of nitrogens with zero attached hydrogens (tertiary/aromatic N) is 1. The van der Waals surface area contributed by atoms with E-state index in [1.54, 1.807) is 7.11 Å². The monoisotopic (exact) mass is 308 g/mol. The molecule has 1 amide bonds. The zero-order valence-electron chi connectivity index (χ0n) is 13.3. The second-order valence-electron chi connectivity index (χ2n) is 5.54. The first-order chi connectivity index (χ1) is 11.2. The highest BCUT2D eigenvalue weighted by molar-refractivity contribution is 5.88. The molecule has 4 heteroatoms. The van der Waals surface area contributed by atoms with Gasteiger partial charge in [0.15, 0.2) is 0 Å². The van der Waals surface area contributed by atoms with Gasteiger partial charge in [-0.25, -0.2) is 0 Å². The van der Waals surface area contributed by atoms with E-state index in [9.17, 15) is 4.79 Å². The van der Waals surface area contributed by atoms with Crippen LogP contribution >= 0.6 is 0 Å². The molecule has 23 heavy (non-hydrogen) atoms. The summed E-state index contributed by atoms with van der Waals surface area (Å²) in [7, 11) is 1.64. The van der Waals surface area contributed by atoms with Gasteiger partial charge in [-0.15, -0.1) is 0 Å². The molecule has 0 radical (unpaired) electrons. The topological polar surface area (TPSA) is 43.3 Å². The van der Waals surface area contributed by atoms with Crippen LogP contribution in [0.15, 0.2) is 60.8 Å². The Balaban J connectivity index is 1.76. The van der Waals surface area contributed by atoms with Crippen LogP contribution in [0.1, 0.15) is 18.5 Å². The van der Waals surface area contributed by atoms with E-state index in [2.05, 4.69) is 5.32 Å². The molecular formula is C19H20N2O2. The second-order valence-corrected chi connectivity index (χ2v) is 5.54. The van der Waals surface area contributed by atoms with Crippen molar-refractivity contribution in [3.8, 4) is 5.75 Å². The van der Waals surface area contributed by atoms with E-state index >= 15 is 0 Å². The molecule has 2 aromatic carbocycles. The summed E-state index contributed by atoms with van der Waals surface area (Å²) in [5.74, 6) is 0.751. The molecule has 0 aliphatic carbocycles. The lowest BCUT2D eigenvalue weighted by molar-refractivity contribution is -0.122. The summed E-state index contributed by atoms with van der Waals surface area (Å²) >= 11 is 0. The van der Waals surface area contributed by atoms with Crippen molar-refractivity contribution in [1.29, 1.82) is 0 Å². The van der Waals surface area contributed by atoms with E-state index in [1.807, 2.05) is 72.3 Å². The predicted molar refractivity (Wildman–Crippen MR) is 91.5 cm³/mol. The molecule has 0 saturated heterocycles. The Kier molecular flexibility index (Phi) is 4.33. The number of carbonyl (C=O) groups excluding carboxylic acids is 1. The van der Waals surface area contributed by atoms with Gasteiger partial charge in [-0.3, -0.25) is 4.79 Å². The summed E-state index contributed by atoms with van der Waals surface area (Å²) in [6.07, 6.45) is 1.92. The van der Waals surface area contributed by atoms with Crippen molar-refractivity contribution in [3.63, 3.8) is 0 Å². The van der Waals surface area contributed by atoms with Crippen LogP contribution < -0.4 is 10.1 Å². The Morgan fingerprint density at radius 2 is 1.91 bits per heavy atom. The highest BCUT2D eigenvalue weighted by Crippen LogP contribution is 2.26. The smallest absolute Gasteiger partial charge is 0.240 e. The Morgan fingerprint density at radius 3 is 2.65 bits per heavy atom. The number of benzene rings is 2. The number of nitrogens with one attached hydrogen (secondary N) is 1. The number of fused-ring (bicyclic) bond motifs is 1. The van der Waals surface area contributed by atoms with Crippen molar-refractivity contribution in [2.24, 2.45) is 0 Å². The molecule has 1 atom stereocenters. The van der Waals surface area contributed by atoms with Gasteiger partial charge in [0.25, 0.3) is 0 Å². The van der Waals surface area contributed by atoms with Crippen LogP contribution in [-0.2, 0) is 11.3 Å². The van der Waals surface area contributed by atoms with Gasteiger partial charge in [0.1, 0.15) is 12.3 Å². The van der Waals surface area contributed by atoms with Gasteiger partial charge in [-0.1, -0.05) is 42.5 Å². The summed E-state index contributed by atoms with van der Waals surface area (Å²) in [6, 6.07) is 17.8. The molecule has 1 aromatic heterocycles. The number of ether oxygens (including phenoxy) is 1. The van der Waals surface area contributed by atoms with E-state index in [4.69, 9.17) is 4.74 Å². The molecule has 1 N–H and O–H groups in total. The number of hydrogen-bond acceptors (Lipinski definition) is 2. The largest absolute Gasteiger partial charge is 0.495 e. The molecule has 3 aromatic rings. The fraction of sp³-hybridized carbons (Fsp3) is 0.211. The zero-order valence-corrected chi connectivity index (χ0v) is 13.3. The fourth-order valence-corrected chi connectivity index (χ4v) is 2.79. The number of aromatic nitrogens is 1. The standard InChI is InChI=1S/C19H20N2O2/c1-14(15-7-4-3-5-8-15)20-18(22)13-21-12-11-16-9-6-10-17(23-2)19(16)21/h3-12,14H,13H2,1-2H3,(H,20,22). The van der Waals surface area contributed by atoms with Crippen LogP contribution in [0.25, 0.3) is 10.9 Å². The van der Waals surface area contributed by atoms with E-state index in [1.165, 1.54) is 0 Å². The predicted octanol–water partition coefficient (Wildman–Crippen LogP) is 3.53. The maximum Gasteiger partial charge on any atom is 0.240 e. The van der Waals surface area contributed by atoms with E-state index in [0.29, 0.717) is 0 Å². The number of methoxy groups -OCH3 is 1. The summed E-state index contributed by atoms with van der Waals surface area (Å²) in [6.45, 7) is 2.25. The van der Waals surface area contributed by atoms with Crippen molar-refractivity contribution < 1.29 is 9.53 Å². The SMILES string of the molecule is COc1cccc2ccn(CC(=O)NC(C)c3ccccc3)c12. The Bertz CT molecular complexity index is 809. The van der Waals surface area contributed by atoms with Crippen molar-refractivity contribution >= 4 is 16.8 Å². The summed E-state index contributed by atoms with van der Waals surface area (Å²) < 4.78 is 7.32. The summed E-state index contributed by atoms with van der Waals surface area (Å²) in [5, 5.41) is 4.10.